The van der Waals surface area contributed by atoms with Crippen LogP contribution in [0, 0.1) is 19.7 Å². The molecule has 0 radical (unpaired) electrons. The van der Waals surface area contributed by atoms with Crippen LogP contribution in [0.1, 0.15) is 16.9 Å². The minimum atomic E-state index is -0.210. The van der Waals surface area contributed by atoms with Crippen LogP contribution in [0.4, 0.5) is 10.2 Å². The zero-order valence-electron chi connectivity index (χ0n) is 9.25. The maximum Gasteiger partial charge on any atom is 0.169 e. The molecule has 0 saturated heterocycles. The van der Waals surface area contributed by atoms with Crippen LogP contribution in [0.5, 0.6) is 0 Å². The van der Waals surface area contributed by atoms with Gasteiger partial charge >= 0.3 is 0 Å². The van der Waals surface area contributed by atoms with Crippen molar-refractivity contribution in [2.75, 3.05) is 5.32 Å². The molecule has 1 heterocycles. The number of rotatable bonds is 3. The molecule has 0 fully saturated rings. The molecule has 1 aromatic carbocycles. The van der Waals surface area contributed by atoms with Crippen molar-refractivity contribution in [3.8, 4) is 0 Å². The van der Waals surface area contributed by atoms with E-state index in [9.17, 15) is 4.39 Å². The van der Waals surface area contributed by atoms with Gasteiger partial charge in [0.1, 0.15) is 11.6 Å². The highest BCUT2D eigenvalue weighted by Crippen LogP contribution is 2.13. The van der Waals surface area contributed by atoms with Gasteiger partial charge in [-0.15, -0.1) is 0 Å². The number of hydrogen-bond acceptors (Lipinski definition) is 3. The summed E-state index contributed by atoms with van der Waals surface area (Å²) in [7, 11) is 0. The Hall–Kier alpha value is -1.84. The Bertz CT molecular complexity index is 494. The van der Waals surface area contributed by atoms with E-state index >= 15 is 0 Å². The molecule has 0 spiro atoms. The molecular weight excluding hydrogens is 207 g/mol. The molecule has 2 aromatic rings. The van der Waals surface area contributed by atoms with Gasteiger partial charge in [-0.2, -0.15) is 0 Å². The second-order valence-corrected chi connectivity index (χ2v) is 3.75. The maximum atomic E-state index is 12.9. The molecular formula is C12H13FN2O. The van der Waals surface area contributed by atoms with Crippen LogP contribution in [-0.2, 0) is 6.54 Å². The first-order chi connectivity index (χ1) is 7.65. The van der Waals surface area contributed by atoms with Gasteiger partial charge in [-0.3, -0.25) is 0 Å². The number of aryl methyl sites for hydroxylation is 2. The lowest BCUT2D eigenvalue weighted by Gasteiger charge is -2.06. The summed E-state index contributed by atoms with van der Waals surface area (Å²) < 4.78 is 17.8. The van der Waals surface area contributed by atoms with Gasteiger partial charge in [0.25, 0.3) is 0 Å². The van der Waals surface area contributed by atoms with Gasteiger partial charge in [-0.25, -0.2) is 4.39 Å². The van der Waals surface area contributed by atoms with Gasteiger partial charge in [-0.1, -0.05) is 11.2 Å². The topological polar surface area (TPSA) is 38.1 Å². The predicted octanol–water partition coefficient (Wildman–Crippen LogP) is 3.04. The van der Waals surface area contributed by atoms with Crippen molar-refractivity contribution in [2.24, 2.45) is 0 Å². The summed E-state index contributed by atoms with van der Waals surface area (Å²) in [5, 5.41) is 6.93. The standard InChI is InChI=1S/C12H13FN2O/c1-8-5-11(13)4-3-10(8)7-14-12-6-9(2)16-15-12/h3-6H,7H2,1-2H3,(H,14,15). The van der Waals surface area contributed by atoms with E-state index in [0.29, 0.717) is 12.4 Å². The molecule has 1 aromatic heterocycles. The van der Waals surface area contributed by atoms with E-state index in [-0.39, 0.29) is 5.82 Å². The summed E-state index contributed by atoms with van der Waals surface area (Å²) in [6, 6.07) is 6.56. The fourth-order valence-corrected chi connectivity index (χ4v) is 1.49. The highest BCUT2D eigenvalue weighted by Gasteiger charge is 2.02. The Morgan fingerprint density at radius 3 is 2.75 bits per heavy atom. The minimum Gasteiger partial charge on any atom is -0.363 e. The van der Waals surface area contributed by atoms with E-state index in [1.54, 1.807) is 6.07 Å². The third-order valence-electron chi connectivity index (χ3n) is 2.39. The number of nitrogens with one attached hydrogen (secondary N) is 1. The molecule has 3 nitrogen and oxygen atoms in total. The first-order valence-corrected chi connectivity index (χ1v) is 5.07. The molecule has 0 amide bonds. The van der Waals surface area contributed by atoms with Gasteiger partial charge in [0, 0.05) is 12.6 Å². The number of benzene rings is 1. The fourth-order valence-electron chi connectivity index (χ4n) is 1.49. The second kappa shape index (κ2) is 4.35. The lowest BCUT2D eigenvalue weighted by atomic mass is 10.1. The molecule has 0 aliphatic carbocycles. The third kappa shape index (κ3) is 2.39. The Labute approximate surface area is 93.3 Å². The first-order valence-electron chi connectivity index (χ1n) is 5.07. The molecule has 16 heavy (non-hydrogen) atoms. The number of hydrogen-bond donors (Lipinski definition) is 1. The SMILES string of the molecule is Cc1cc(NCc2ccc(F)cc2C)no1. The van der Waals surface area contributed by atoms with Crippen molar-refractivity contribution in [1.29, 1.82) is 0 Å². The normalized spacial score (nSPS) is 10.4. The van der Waals surface area contributed by atoms with Crippen LogP contribution in [0.3, 0.4) is 0 Å². The first kappa shape index (κ1) is 10.7. The zero-order chi connectivity index (χ0) is 11.5. The van der Waals surface area contributed by atoms with Crippen molar-refractivity contribution in [2.45, 2.75) is 20.4 Å². The van der Waals surface area contributed by atoms with Crippen molar-refractivity contribution >= 4 is 5.82 Å². The number of halogens is 1. The number of nitrogens with zero attached hydrogens (tertiary/aromatic N) is 1. The molecule has 4 heteroatoms. The Morgan fingerprint density at radius 2 is 2.12 bits per heavy atom. The molecule has 0 atom stereocenters. The summed E-state index contributed by atoms with van der Waals surface area (Å²) in [6.07, 6.45) is 0. The molecule has 2 rings (SSSR count). The molecule has 0 unspecified atom stereocenters. The number of anilines is 1. The quantitative estimate of drug-likeness (QED) is 0.863. The van der Waals surface area contributed by atoms with Crippen LogP contribution in [0.25, 0.3) is 0 Å². The van der Waals surface area contributed by atoms with Crippen molar-refractivity contribution in [3.63, 3.8) is 0 Å². The van der Waals surface area contributed by atoms with E-state index in [4.69, 9.17) is 4.52 Å². The molecule has 84 valence electrons. The van der Waals surface area contributed by atoms with E-state index < -0.39 is 0 Å². The van der Waals surface area contributed by atoms with Gasteiger partial charge in [0.15, 0.2) is 5.82 Å². The van der Waals surface area contributed by atoms with Crippen LogP contribution in [0.2, 0.25) is 0 Å². The molecule has 1 N–H and O–H groups in total. The largest absolute Gasteiger partial charge is 0.363 e. The molecule has 0 saturated carbocycles. The van der Waals surface area contributed by atoms with Gasteiger partial charge in [0.2, 0.25) is 0 Å². The van der Waals surface area contributed by atoms with E-state index in [2.05, 4.69) is 10.5 Å². The lowest BCUT2D eigenvalue weighted by Crippen LogP contribution is -2.01. The van der Waals surface area contributed by atoms with Crippen molar-refractivity contribution < 1.29 is 8.91 Å². The van der Waals surface area contributed by atoms with Gasteiger partial charge in [-0.05, 0) is 37.1 Å². The molecule has 0 aliphatic heterocycles. The summed E-state index contributed by atoms with van der Waals surface area (Å²) in [5.41, 5.74) is 1.97. The van der Waals surface area contributed by atoms with Crippen LogP contribution >= 0.6 is 0 Å². The third-order valence-corrected chi connectivity index (χ3v) is 2.39. The number of aromatic nitrogens is 1. The lowest BCUT2D eigenvalue weighted by molar-refractivity contribution is 0.399. The van der Waals surface area contributed by atoms with Crippen LogP contribution < -0.4 is 5.32 Å². The molecule has 0 aliphatic rings. The van der Waals surface area contributed by atoms with Gasteiger partial charge < -0.3 is 9.84 Å². The average Bonchev–Trinajstić information content (AvgIpc) is 2.63. The predicted molar refractivity (Wildman–Crippen MR) is 59.7 cm³/mol. The minimum absolute atomic E-state index is 0.210. The van der Waals surface area contributed by atoms with Crippen molar-refractivity contribution in [3.05, 3.63) is 47.0 Å². The van der Waals surface area contributed by atoms with Crippen molar-refractivity contribution in [1.82, 2.24) is 5.16 Å². The molecule has 0 bridgehead atoms. The summed E-state index contributed by atoms with van der Waals surface area (Å²) >= 11 is 0. The fraction of sp³-hybridized carbons (Fsp3) is 0.250. The Kier molecular flexibility index (Phi) is 2.90. The van der Waals surface area contributed by atoms with Crippen LogP contribution in [0.15, 0.2) is 28.8 Å². The Balaban J connectivity index is 2.04. The summed E-state index contributed by atoms with van der Waals surface area (Å²) in [6.45, 7) is 4.33. The van der Waals surface area contributed by atoms with Crippen LogP contribution in [-0.4, -0.2) is 5.16 Å². The second-order valence-electron chi connectivity index (χ2n) is 3.75. The average molecular weight is 220 g/mol. The van der Waals surface area contributed by atoms with Gasteiger partial charge in [0.05, 0.1) is 0 Å². The summed E-state index contributed by atoms with van der Waals surface area (Å²) in [5.74, 6) is 1.25. The summed E-state index contributed by atoms with van der Waals surface area (Å²) in [4.78, 5) is 0. The van der Waals surface area contributed by atoms with E-state index in [1.807, 2.05) is 19.9 Å². The zero-order valence-corrected chi connectivity index (χ0v) is 9.25. The highest BCUT2D eigenvalue weighted by molar-refractivity contribution is 5.36. The smallest absolute Gasteiger partial charge is 0.169 e. The van der Waals surface area contributed by atoms with E-state index in [0.717, 1.165) is 16.9 Å². The monoisotopic (exact) mass is 220 g/mol. The Morgan fingerprint density at radius 1 is 1.31 bits per heavy atom. The highest BCUT2D eigenvalue weighted by atomic mass is 19.1. The van der Waals surface area contributed by atoms with E-state index in [1.165, 1.54) is 12.1 Å². The maximum absolute atomic E-state index is 12.9.